The molecule has 0 unspecified atom stereocenters. The Balaban J connectivity index is 1.36. The number of amides is 1. The van der Waals surface area contributed by atoms with Crippen molar-refractivity contribution in [1.29, 1.82) is 0 Å². The minimum atomic E-state index is -0.219. The van der Waals surface area contributed by atoms with Crippen molar-refractivity contribution < 1.29 is 14.3 Å². The third-order valence-electron chi connectivity index (χ3n) is 5.61. The van der Waals surface area contributed by atoms with Crippen LogP contribution >= 0.6 is 0 Å². The van der Waals surface area contributed by atoms with Crippen molar-refractivity contribution in [3.8, 4) is 22.8 Å². The SMILES string of the molecule is COc1ccc(/C=C/C(=O)Nc2ccc(-c3ccc(N4CCCCC4)nn3)cc2)cc1OC. The normalized spacial score (nSPS) is 13.7. The molecule has 1 saturated heterocycles. The lowest BCUT2D eigenvalue weighted by Crippen LogP contribution is -2.30. The lowest BCUT2D eigenvalue weighted by atomic mass is 10.1. The summed E-state index contributed by atoms with van der Waals surface area (Å²) in [5.74, 6) is 1.97. The van der Waals surface area contributed by atoms with Crippen LogP contribution in [0.4, 0.5) is 11.5 Å². The van der Waals surface area contributed by atoms with Crippen LogP contribution in [0.1, 0.15) is 24.8 Å². The molecule has 1 aliphatic rings. The van der Waals surface area contributed by atoms with Crippen molar-refractivity contribution in [1.82, 2.24) is 10.2 Å². The Hall–Kier alpha value is -3.87. The monoisotopic (exact) mass is 444 g/mol. The first-order valence-corrected chi connectivity index (χ1v) is 11.1. The molecule has 170 valence electrons. The first-order valence-electron chi connectivity index (χ1n) is 11.1. The van der Waals surface area contributed by atoms with Crippen molar-refractivity contribution >= 4 is 23.5 Å². The number of benzene rings is 2. The Morgan fingerprint density at radius 3 is 2.33 bits per heavy atom. The van der Waals surface area contributed by atoms with E-state index in [0.29, 0.717) is 17.2 Å². The fraction of sp³-hybridized carbons (Fsp3) is 0.269. The van der Waals surface area contributed by atoms with Gasteiger partial charge in [-0.1, -0.05) is 18.2 Å². The topological polar surface area (TPSA) is 76.6 Å². The number of piperidine rings is 1. The van der Waals surface area contributed by atoms with E-state index >= 15 is 0 Å². The van der Waals surface area contributed by atoms with Crippen LogP contribution in [0.3, 0.4) is 0 Å². The molecular weight excluding hydrogens is 416 g/mol. The Bertz CT molecular complexity index is 1110. The molecular formula is C26H28N4O3. The number of rotatable bonds is 7. The highest BCUT2D eigenvalue weighted by Crippen LogP contribution is 2.28. The molecule has 2 heterocycles. The zero-order chi connectivity index (χ0) is 23.0. The third kappa shape index (κ3) is 5.68. The van der Waals surface area contributed by atoms with Crippen molar-refractivity contribution in [2.45, 2.75) is 19.3 Å². The molecule has 0 spiro atoms. The fourth-order valence-corrected chi connectivity index (χ4v) is 3.81. The maximum absolute atomic E-state index is 12.3. The molecule has 0 atom stereocenters. The van der Waals surface area contributed by atoms with E-state index in [4.69, 9.17) is 9.47 Å². The second-order valence-electron chi connectivity index (χ2n) is 7.84. The summed E-state index contributed by atoms with van der Waals surface area (Å²) in [7, 11) is 3.17. The van der Waals surface area contributed by atoms with Crippen LogP contribution in [0.5, 0.6) is 11.5 Å². The van der Waals surface area contributed by atoms with Crippen LogP contribution in [-0.2, 0) is 4.79 Å². The van der Waals surface area contributed by atoms with E-state index < -0.39 is 0 Å². The number of anilines is 2. The summed E-state index contributed by atoms with van der Waals surface area (Å²) in [6.07, 6.45) is 6.92. The largest absolute Gasteiger partial charge is 0.493 e. The van der Waals surface area contributed by atoms with Gasteiger partial charge in [-0.05, 0) is 67.3 Å². The standard InChI is InChI=1S/C26H28N4O3/c1-32-23-13-6-19(18-24(23)33-2)7-15-26(31)27-21-10-8-20(9-11-21)22-12-14-25(29-28-22)30-16-4-3-5-17-30/h6-15,18H,3-5,16-17H2,1-2H3,(H,27,31)/b15-7+. The van der Waals surface area contributed by atoms with Crippen LogP contribution in [0.25, 0.3) is 17.3 Å². The molecule has 1 aliphatic heterocycles. The highest BCUT2D eigenvalue weighted by Gasteiger charge is 2.12. The number of carbonyl (C=O) groups excluding carboxylic acids is 1. The van der Waals surface area contributed by atoms with Gasteiger partial charge in [-0.3, -0.25) is 4.79 Å². The lowest BCUT2D eigenvalue weighted by Gasteiger charge is -2.27. The summed E-state index contributed by atoms with van der Waals surface area (Å²) < 4.78 is 10.5. The van der Waals surface area contributed by atoms with E-state index in [-0.39, 0.29) is 5.91 Å². The number of ether oxygens (including phenoxy) is 2. The second-order valence-corrected chi connectivity index (χ2v) is 7.84. The molecule has 1 fully saturated rings. The number of hydrogen-bond donors (Lipinski definition) is 1. The Morgan fingerprint density at radius 1 is 0.909 bits per heavy atom. The summed E-state index contributed by atoms with van der Waals surface area (Å²) >= 11 is 0. The van der Waals surface area contributed by atoms with E-state index in [1.54, 1.807) is 26.4 Å². The van der Waals surface area contributed by atoms with Gasteiger partial charge in [0, 0.05) is 30.4 Å². The minimum absolute atomic E-state index is 0.219. The molecule has 0 bridgehead atoms. The van der Waals surface area contributed by atoms with E-state index in [1.165, 1.54) is 25.3 Å². The first kappa shape index (κ1) is 22.3. The summed E-state index contributed by atoms with van der Waals surface area (Å²) in [4.78, 5) is 14.6. The number of nitrogens with zero attached hydrogens (tertiary/aromatic N) is 3. The maximum atomic E-state index is 12.3. The van der Waals surface area contributed by atoms with Gasteiger partial charge >= 0.3 is 0 Å². The number of methoxy groups -OCH3 is 2. The van der Waals surface area contributed by atoms with Gasteiger partial charge in [-0.15, -0.1) is 10.2 Å². The van der Waals surface area contributed by atoms with Crippen LogP contribution in [0.15, 0.2) is 60.7 Å². The number of hydrogen-bond acceptors (Lipinski definition) is 6. The van der Waals surface area contributed by atoms with Crippen LogP contribution in [0.2, 0.25) is 0 Å². The highest BCUT2D eigenvalue weighted by molar-refractivity contribution is 6.02. The number of carbonyl (C=O) groups is 1. The van der Waals surface area contributed by atoms with Gasteiger partial charge in [-0.25, -0.2) is 0 Å². The first-order chi connectivity index (χ1) is 16.2. The second kappa shape index (κ2) is 10.6. The minimum Gasteiger partial charge on any atom is -0.493 e. The van der Waals surface area contributed by atoms with Crippen molar-refractivity contribution in [3.63, 3.8) is 0 Å². The summed E-state index contributed by atoms with van der Waals surface area (Å²) in [5.41, 5.74) is 3.30. The quantitative estimate of drug-likeness (QED) is 0.528. The molecule has 0 aliphatic carbocycles. The maximum Gasteiger partial charge on any atom is 0.248 e. The van der Waals surface area contributed by atoms with E-state index in [1.807, 2.05) is 48.5 Å². The number of nitrogens with one attached hydrogen (secondary N) is 1. The fourth-order valence-electron chi connectivity index (χ4n) is 3.81. The molecule has 7 nitrogen and oxygen atoms in total. The molecule has 2 aromatic carbocycles. The van der Waals surface area contributed by atoms with Crippen LogP contribution in [-0.4, -0.2) is 43.4 Å². The number of aromatic nitrogens is 2. The third-order valence-corrected chi connectivity index (χ3v) is 5.61. The van der Waals surface area contributed by atoms with E-state index in [0.717, 1.165) is 35.7 Å². The Morgan fingerprint density at radius 2 is 1.67 bits per heavy atom. The zero-order valence-electron chi connectivity index (χ0n) is 19.0. The molecule has 1 N–H and O–H groups in total. The highest BCUT2D eigenvalue weighted by atomic mass is 16.5. The van der Waals surface area contributed by atoms with E-state index in [2.05, 4.69) is 20.4 Å². The van der Waals surface area contributed by atoms with Crippen molar-refractivity contribution in [3.05, 3.63) is 66.2 Å². The Kier molecular flexibility index (Phi) is 7.19. The molecule has 0 radical (unpaired) electrons. The summed E-state index contributed by atoms with van der Waals surface area (Å²) in [6.45, 7) is 2.09. The zero-order valence-corrected chi connectivity index (χ0v) is 19.0. The average molecular weight is 445 g/mol. The van der Waals surface area contributed by atoms with Gasteiger partial charge in [0.05, 0.1) is 19.9 Å². The molecule has 7 heteroatoms. The van der Waals surface area contributed by atoms with Gasteiger partial charge in [-0.2, -0.15) is 0 Å². The molecule has 0 saturated carbocycles. The van der Waals surface area contributed by atoms with Gasteiger partial charge in [0.1, 0.15) is 0 Å². The Labute approximate surface area is 194 Å². The molecule has 3 aromatic rings. The molecule has 33 heavy (non-hydrogen) atoms. The van der Waals surface area contributed by atoms with Gasteiger partial charge in [0.15, 0.2) is 17.3 Å². The van der Waals surface area contributed by atoms with Crippen LogP contribution < -0.4 is 19.7 Å². The molecule has 1 aromatic heterocycles. The van der Waals surface area contributed by atoms with Gasteiger partial charge in [0.2, 0.25) is 5.91 Å². The smallest absolute Gasteiger partial charge is 0.248 e. The van der Waals surface area contributed by atoms with E-state index in [9.17, 15) is 4.79 Å². The summed E-state index contributed by atoms with van der Waals surface area (Å²) in [5, 5.41) is 11.7. The van der Waals surface area contributed by atoms with Crippen LogP contribution in [0, 0.1) is 0 Å². The van der Waals surface area contributed by atoms with Crippen molar-refractivity contribution in [2.24, 2.45) is 0 Å². The predicted molar refractivity (Wildman–Crippen MR) is 131 cm³/mol. The van der Waals surface area contributed by atoms with Gasteiger partial charge < -0.3 is 19.7 Å². The average Bonchev–Trinajstić information content (AvgIpc) is 2.88. The predicted octanol–water partition coefficient (Wildman–Crippen LogP) is 4.80. The van der Waals surface area contributed by atoms with Gasteiger partial charge in [0.25, 0.3) is 0 Å². The molecule has 1 amide bonds. The lowest BCUT2D eigenvalue weighted by molar-refractivity contribution is -0.111. The van der Waals surface area contributed by atoms with Crippen molar-refractivity contribution in [2.75, 3.05) is 37.5 Å². The molecule has 4 rings (SSSR count). The summed E-state index contributed by atoms with van der Waals surface area (Å²) in [6, 6.07) is 17.1.